The predicted molar refractivity (Wildman–Crippen MR) is 93.4 cm³/mol. The molecule has 7 nitrogen and oxygen atoms in total. The van der Waals surface area contributed by atoms with Crippen LogP contribution < -0.4 is 5.32 Å². The standard InChI is InChI=1S/C16H22N6O.ClH/c1-2-9-21(15-7-8-17-11-15)16(23)10-13-3-5-14(6-4-13)22-12-18-19-20-22;/h3-6,12,15,17H,2,7-11H2,1H3;1H. The van der Waals surface area contributed by atoms with Crippen molar-refractivity contribution in [2.75, 3.05) is 19.6 Å². The van der Waals surface area contributed by atoms with E-state index < -0.39 is 0 Å². The van der Waals surface area contributed by atoms with Gasteiger partial charge in [-0.15, -0.1) is 17.5 Å². The van der Waals surface area contributed by atoms with Gasteiger partial charge in [0.15, 0.2) is 0 Å². The van der Waals surface area contributed by atoms with Gasteiger partial charge in [0.05, 0.1) is 12.1 Å². The quantitative estimate of drug-likeness (QED) is 0.848. The summed E-state index contributed by atoms with van der Waals surface area (Å²) >= 11 is 0. The summed E-state index contributed by atoms with van der Waals surface area (Å²) in [5.74, 6) is 0.204. The largest absolute Gasteiger partial charge is 0.338 e. The summed E-state index contributed by atoms with van der Waals surface area (Å²) in [4.78, 5) is 14.7. The van der Waals surface area contributed by atoms with E-state index in [4.69, 9.17) is 0 Å². The summed E-state index contributed by atoms with van der Waals surface area (Å²) in [6, 6.07) is 8.13. The van der Waals surface area contributed by atoms with Crippen LogP contribution in [0.1, 0.15) is 25.3 Å². The fourth-order valence-corrected chi connectivity index (χ4v) is 2.98. The van der Waals surface area contributed by atoms with Crippen LogP contribution in [0.2, 0.25) is 0 Å². The highest BCUT2D eigenvalue weighted by Crippen LogP contribution is 2.14. The molecule has 130 valence electrons. The highest BCUT2D eigenvalue weighted by atomic mass is 35.5. The van der Waals surface area contributed by atoms with E-state index in [-0.39, 0.29) is 18.3 Å². The summed E-state index contributed by atoms with van der Waals surface area (Å²) < 4.78 is 1.60. The molecule has 0 aliphatic carbocycles. The van der Waals surface area contributed by atoms with E-state index in [1.54, 1.807) is 11.0 Å². The molecule has 1 aliphatic heterocycles. The van der Waals surface area contributed by atoms with Gasteiger partial charge < -0.3 is 10.2 Å². The summed E-state index contributed by atoms with van der Waals surface area (Å²) in [5.41, 5.74) is 1.90. The lowest BCUT2D eigenvalue weighted by Crippen LogP contribution is -2.42. The maximum absolute atomic E-state index is 12.7. The molecule has 0 radical (unpaired) electrons. The Morgan fingerprint density at radius 1 is 1.38 bits per heavy atom. The first-order valence-corrected chi connectivity index (χ1v) is 8.10. The van der Waals surface area contributed by atoms with Crippen molar-refractivity contribution < 1.29 is 4.79 Å². The number of hydrogen-bond acceptors (Lipinski definition) is 5. The molecule has 1 N–H and O–H groups in total. The van der Waals surface area contributed by atoms with Crippen LogP contribution >= 0.6 is 12.4 Å². The number of amides is 1. The van der Waals surface area contributed by atoms with E-state index in [9.17, 15) is 4.79 Å². The van der Waals surface area contributed by atoms with Gasteiger partial charge in [0, 0.05) is 19.1 Å². The van der Waals surface area contributed by atoms with E-state index in [0.717, 1.165) is 43.7 Å². The molecular formula is C16H23ClN6O. The first kappa shape index (κ1) is 18.4. The second-order valence-corrected chi connectivity index (χ2v) is 5.83. The van der Waals surface area contributed by atoms with Gasteiger partial charge in [0.2, 0.25) is 5.91 Å². The Hall–Kier alpha value is -1.99. The van der Waals surface area contributed by atoms with Crippen molar-refractivity contribution in [3.05, 3.63) is 36.2 Å². The van der Waals surface area contributed by atoms with Gasteiger partial charge in [-0.3, -0.25) is 4.79 Å². The van der Waals surface area contributed by atoms with Crippen LogP contribution in [0.5, 0.6) is 0 Å². The van der Waals surface area contributed by atoms with Crippen molar-refractivity contribution in [3.63, 3.8) is 0 Å². The molecule has 8 heteroatoms. The Bertz CT molecular complexity index is 625. The van der Waals surface area contributed by atoms with Gasteiger partial charge in [-0.2, -0.15) is 0 Å². The number of carbonyl (C=O) groups excluding carboxylic acids is 1. The summed E-state index contributed by atoms with van der Waals surface area (Å²) in [5, 5.41) is 14.4. The highest BCUT2D eigenvalue weighted by molar-refractivity contribution is 5.85. The smallest absolute Gasteiger partial charge is 0.227 e. The summed E-state index contributed by atoms with van der Waals surface area (Å²) in [7, 11) is 0. The zero-order valence-corrected chi connectivity index (χ0v) is 14.6. The Balaban J connectivity index is 0.00000208. The molecular weight excluding hydrogens is 328 g/mol. The Kier molecular flexibility index (Phi) is 6.69. The molecule has 1 aromatic carbocycles. The number of carbonyl (C=O) groups is 1. The zero-order valence-electron chi connectivity index (χ0n) is 13.8. The van der Waals surface area contributed by atoms with Gasteiger partial charge in [0.1, 0.15) is 6.33 Å². The van der Waals surface area contributed by atoms with E-state index >= 15 is 0 Å². The lowest BCUT2D eigenvalue weighted by atomic mass is 10.1. The number of nitrogens with one attached hydrogen (secondary N) is 1. The lowest BCUT2D eigenvalue weighted by molar-refractivity contribution is -0.132. The average Bonchev–Trinajstić information content (AvgIpc) is 3.26. The minimum absolute atomic E-state index is 0. The second-order valence-electron chi connectivity index (χ2n) is 5.83. The Morgan fingerprint density at radius 2 is 2.17 bits per heavy atom. The summed E-state index contributed by atoms with van der Waals surface area (Å²) in [6.07, 6.45) is 4.02. The van der Waals surface area contributed by atoms with Crippen molar-refractivity contribution in [1.82, 2.24) is 30.4 Å². The van der Waals surface area contributed by atoms with Crippen LogP contribution in [0.4, 0.5) is 0 Å². The monoisotopic (exact) mass is 350 g/mol. The van der Waals surface area contributed by atoms with Gasteiger partial charge in [-0.05, 0) is 47.5 Å². The van der Waals surface area contributed by atoms with E-state index in [0.29, 0.717) is 12.5 Å². The van der Waals surface area contributed by atoms with Crippen LogP contribution in [-0.2, 0) is 11.2 Å². The molecule has 1 fully saturated rings. The molecule has 24 heavy (non-hydrogen) atoms. The van der Waals surface area contributed by atoms with Crippen LogP contribution in [0.25, 0.3) is 5.69 Å². The van der Waals surface area contributed by atoms with Crippen LogP contribution in [-0.4, -0.2) is 56.7 Å². The van der Waals surface area contributed by atoms with Crippen LogP contribution in [0.3, 0.4) is 0 Å². The minimum atomic E-state index is 0. The number of rotatable bonds is 6. The molecule has 2 aromatic rings. The fourth-order valence-electron chi connectivity index (χ4n) is 2.98. The van der Waals surface area contributed by atoms with Gasteiger partial charge in [-0.1, -0.05) is 19.1 Å². The van der Waals surface area contributed by atoms with Crippen LogP contribution in [0.15, 0.2) is 30.6 Å². The lowest BCUT2D eigenvalue weighted by Gasteiger charge is -2.28. The molecule has 1 atom stereocenters. The van der Waals surface area contributed by atoms with Crippen molar-refractivity contribution >= 4 is 18.3 Å². The first-order valence-electron chi connectivity index (χ1n) is 8.10. The average molecular weight is 351 g/mol. The minimum Gasteiger partial charge on any atom is -0.338 e. The van der Waals surface area contributed by atoms with Crippen molar-refractivity contribution in [2.24, 2.45) is 0 Å². The van der Waals surface area contributed by atoms with E-state index in [2.05, 4.69) is 27.8 Å². The molecule has 0 bridgehead atoms. The van der Waals surface area contributed by atoms with Gasteiger partial charge in [-0.25, -0.2) is 4.68 Å². The third-order valence-electron chi connectivity index (χ3n) is 4.17. The number of hydrogen-bond donors (Lipinski definition) is 1. The number of halogens is 1. The third-order valence-corrected chi connectivity index (χ3v) is 4.17. The normalized spacial score (nSPS) is 16.6. The van der Waals surface area contributed by atoms with Gasteiger partial charge in [0.25, 0.3) is 0 Å². The van der Waals surface area contributed by atoms with Gasteiger partial charge >= 0.3 is 0 Å². The predicted octanol–water partition coefficient (Wildman–Crippen LogP) is 1.23. The van der Waals surface area contributed by atoms with Crippen molar-refractivity contribution in [2.45, 2.75) is 32.2 Å². The topological polar surface area (TPSA) is 75.9 Å². The van der Waals surface area contributed by atoms with Crippen LogP contribution in [0, 0.1) is 0 Å². The summed E-state index contributed by atoms with van der Waals surface area (Å²) in [6.45, 7) is 4.85. The van der Waals surface area contributed by atoms with Crippen molar-refractivity contribution in [1.29, 1.82) is 0 Å². The first-order chi connectivity index (χ1) is 11.3. The SMILES string of the molecule is CCCN(C(=O)Cc1ccc(-n2cnnn2)cc1)C1CCNC1.Cl. The zero-order chi connectivity index (χ0) is 16.1. The molecule has 3 rings (SSSR count). The molecule has 1 aliphatic rings. The maximum Gasteiger partial charge on any atom is 0.227 e. The molecule has 1 amide bonds. The highest BCUT2D eigenvalue weighted by Gasteiger charge is 2.25. The van der Waals surface area contributed by atoms with Crippen molar-refractivity contribution in [3.8, 4) is 5.69 Å². The third kappa shape index (κ3) is 4.30. The maximum atomic E-state index is 12.7. The molecule has 1 saturated heterocycles. The fraction of sp³-hybridized carbons (Fsp3) is 0.500. The number of benzene rings is 1. The number of nitrogens with zero attached hydrogens (tertiary/aromatic N) is 5. The molecule has 1 aromatic heterocycles. The number of tetrazole rings is 1. The van der Waals surface area contributed by atoms with E-state index in [1.165, 1.54) is 0 Å². The molecule has 0 spiro atoms. The Labute approximate surface area is 147 Å². The number of aromatic nitrogens is 4. The van der Waals surface area contributed by atoms with E-state index in [1.807, 2.05) is 29.2 Å². The Morgan fingerprint density at radius 3 is 2.75 bits per heavy atom. The molecule has 2 heterocycles. The molecule has 1 unspecified atom stereocenters. The molecule has 0 saturated carbocycles. The second kappa shape index (κ2) is 8.75.